The Kier molecular flexibility index (Phi) is 12.4. The molecule has 3 rings (SSSR count). The number of ketones is 2. The number of Topliss-reactive ketones (excluding diaryl/α,β-unsaturated/α-hetero) is 2. The summed E-state index contributed by atoms with van der Waals surface area (Å²) in [5.74, 6) is -7.96. The van der Waals surface area contributed by atoms with Crippen LogP contribution in [-0.2, 0) is 42.9 Å². The molecule has 0 aromatic carbocycles. The summed E-state index contributed by atoms with van der Waals surface area (Å²) in [5.41, 5.74) is 3.40. The fourth-order valence-electron chi connectivity index (χ4n) is 7.86. The molecular weight excluding hydrogens is 598 g/mol. The molecule has 12 unspecified atom stereocenters. The van der Waals surface area contributed by atoms with Crippen molar-refractivity contribution in [2.45, 2.75) is 116 Å². The van der Waals surface area contributed by atoms with E-state index < -0.39 is 76.9 Å². The Morgan fingerprint density at radius 1 is 1.02 bits per heavy atom. The average molecular weight is 654 g/mol. The number of esters is 2. The van der Waals surface area contributed by atoms with Gasteiger partial charge in [-0.05, 0) is 60.5 Å². The van der Waals surface area contributed by atoms with E-state index in [1.807, 2.05) is 21.0 Å². The molecule has 0 aliphatic carbocycles. The largest absolute Gasteiger partial charge is 0.458 e. The van der Waals surface area contributed by atoms with E-state index in [2.05, 4.69) is 10.1 Å². The van der Waals surface area contributed by atoms with Crippen molar-refractivity contribution in [1.29, 1.82) is 0 Å². The molecule has 0 bridgehead atoms. The molecule has 0 radical (unpaired) electrons. The van der Waals surface area contributed by atoms with Crippen LogP contribution in [0.4, 0.5) is 0 Å². The van der Waals surface area contributed by atoms with Crippen molar-refractivity contribution in [3.05, 3.63) is 0 Å². The zero-order valence-corrected chi connectivity index (χ0v) is 29.1. The van der Waals surface area contributed by atoms with Gasteiger partial charge >= 0.3 is 11.9 Å². The van der Waals surface area contributed by atoms with E-state index in [1.165, 1.54) is 14.0 Å². The molecular formula is C33H55N3O10. The molecule has 0 aromatic rings. The molecule has 3 heterocycles. The highest BCUT2D eigenvalue weighted by Crippen LogP contribution is 2.47. The molecule has 3 saturated heterocycles. The van der Waals surface area contributed by atoms with E-state index >= 15 is 0 Å². The van der Waals surface area contributed by atoms with Crippen LogP contribution in [0, 0.1) is 35.5 Å². The van der Waals surface area contributed by atoms with Crippen molar-refractivity contribution in [1.82, 2.24) is 4.90 Å². The predicted molar refractivity (Wildman–Crippen MR) is 168 cm³/mol. The van der Waals surface area contributed by atoms with E-state index in [-0.39, 0.29) is 49.6 Å². The quantitative estimate of drug-likeness (QED) is 0.103. The average Bonchev–Trinajstić information content (AvgIpc) is 3.29. The van der Waals surface area contributed by atoms with Crippen molar-refractivity contribution in [2.75, 3.05) is 27.8 Å². The zero-order chi connectivity index (χ0) is 34.7. The summed E-state index contributed by atoms with van der Waals surface area (Å²) >= 11 is 0. The van der Waals surface area contributed by atoms with Crippen LogP contribution in [0.15, 0.2) is 5.16 Å². The van der Waals surface area contributed by atoms with Crippen LogP contribution in [0.1, 0.15) is 80.6 Å². The van der Waals surface area contributed by atoms with Crippen molar-refractivity contribution < 1.29 is 48.1 Å². The Morgan fingerprint density at radius 3 is 2.17 bits per heavy atom. The monoisotopic (exact) mass is 653 g/mol. The van der Waals surface area contributed by atoms with Gasteiger partial charge in [-0.3, -0.25) is 19.2 Å². The van der Waals surface area contributed by atoms with Crippen LogP contribution in [0.25, 0.3) is 0 Å². The van der Waals surface area contributed by atoms with Gasteiger partial charge in [0.1, 0.15) is 29.5 Å². The minimum absolute atomic E-state index is 0.0252. The van der Waals surface area contributed by atoms with Crippen LogP contribution in [0.5, 0.6) is 0 Å². The molecule has 3 aliphatic rings. The van der Waals surface area contributed by atoms with E-state index in [4.69, 9.17) is 29.4 Å². The van der Waals surface area contributed by atoms with Gasteiger partial charge in [0.05, 0.1) is 18.3 Å². The smallest absolute Gasteiger partial charge is 0.317 e. The lowest BCUT2D eigenvalue weighted by Crippen LogP contribution is -2.54. The number of rotatable bonds is 7. The highest BCUT2D eigenvalue weighted by atomic mass is 16.7. The first-order chi connectivity index (χ1) is 21.4. The van der Waals surface area contributed by atoms with Crippen molar-refractivity contribution >= 4 is 29.3 Å². The summed E-state index contributed by atoms with van der Waals surface area (Å²) < 4.78 is 30.3. The zero-order valence-electron chi connectivity index (χ0n) is 29.1. The number of fused-ring (bicyclic) bond motifs is 1. The molecule has 13 heteroatoms. The fourth-order valence-corrected chi connectivity index (χ4v) is 7.86. The highest BCUT2D eigenvalue weighted by molar-refractivity contribution is 6.03. The summed E-state index contributed by atoms with van der Waals surface area (Å²) in [7, 11) is 5.56. The minimum atomic E-state index is -1.51. The van der Waals surface area contributed by atoms with Crippen LogP contribution in [-0.4, -0.2) is 103 Å². The number of oxime groups is 1. The molecule has 12 atom stereocenters. The number of amidine groups is 1. The summed E-state index contributed by atoms with van der Waals surface area (Å²) in [4.78, 5) is 56.8. The van der Waals surface area contributed by atoms with Crippen LogP contribution in [0.3, 0.4) is 0 Å². The third kappa shape index (κ3) is 7.74. The van der Waals surface area contributed by atoms with Gasteiger partial charge in [-0.15, -0.1) is 0 Å². The van der Waals surface area contributed by atoms with Gasteiger partial charge < -0.3 is 39.5 Å². The van der Waals surface area contributed by atoms with Crippen molar-refractivity contribution in [2.24, 2.45) is 46.4 Å². The second kappa shape index (κ2) is 15.1. The summed E-state index contributed by atoms with van der Waals surface area (Å²) in [6.45, 7) is 12.1. The molecule has 46 heavy (non-hydrogen) atoms. The number of hydrogen-bond donors (Lipinski definition) is 2. The molecule has 262 valence electrons. The number of carbonyl (C=O) groups excluding carboxylic acids is 4. The Bertz CT molecular complexity index is 1160. The lowest BCUT2D eigenvalue weighted by molar-refractivity contribution is -0.228. The van der Waals surface area contributed by atoms with Crippen LogP contribution < -0.4 is 5.73 Å². The molecule has 13 nitrogen and oxygen atoms in total. The second-order valence-corrected chi connectivity index (χ2v) is 14.2. The van der Waals surface area contributed by atoms with Gasteiger partial charge in [-0.2, -0.15) is 0 Å². The van der Waals surface area contributed by atoms with Gasteiger partial charge in [0, 0.05) is 43.2 Å². The SMILES string of the molecule is CCC1OC(=O)C(C)C(=O)C(C)CC(COC2CC(N(C)C)CC(C)O2)(OC)CC(C)C(=O)C(C)C2C(C(N)=NO)C(=O)OC12C. The topological polar surface area (TPSA) is 176 Å². The Morgan fingerprint density at radius 2 is 1.63 bits per heavy atom. The van der Waals surface area contributed by atoms with Crippen molar-refractivity contribution in [3.8, 4) is 0 Å². The third-order valence-corrected chi connectivity index (χ3v) is 10.5. The number of carbonyl (C=O) groups is 4. The van der Waals surface area contributed by atoms with Gasteiger partial charge in [-0.25, -0.2) is 0 Å². The van der Waals surface area contributed by atoms with Crippen molar-refractivity contribution in [3.63, 3.8) is 0 Å². The molecule has 0 aromatic heterocycles. The first-order valence-electron chi connectivity index (χ1n) is 16.4. The van der Waals surface area contributed by atoms with Gasteiger partial charge in [0.25, 0.3) is 0 Å². The minimum Gasteiger partial charge on any atom is -0.458 e. The standard InChI is InChI=1S/C33H55N3O10/c1-11-23-32(7)26(25(29(34)35-41)31(40)46-32)20(5)27(37)17(2)14-33(42-10,15-18(3)28(38)21(6)30(39)45-23)16-43-24-13-22(36(8)9)12-19(4)44-24/h17-26,41H,11-16H2,1-10H3,(H2,34,35). The summed E-state index contributed by atoms with van der Waals surface area (Å²) in [5, 5.41) is 12.6. The highest BCUT2D eigenvalue weighted by Gasteiger charge is 2.62. The Balaban J connectivity index is 2.06. The van der Waals surface area contributed by atoms with E-state index in [0.717, 1.165) is 6.42 Å². The second-order valence-electron chi connectivity index (χ2n) is 14.2. The summed E-state index contributed by atoms with van der Waals surface area (Å²) in [6.07, 6.45) is 0.552. The predicted octanol–water partition coefficient (Wildman–Crippen LogP) is 2.94. The summed E-state index contributed by atoms with van der Waals surface area (Å²) in [6, 6.07) is 0.255. The molecule has 3 fully saturated rings. The number of cyclic esters (lactones) is 1. The van der Waals surface area contributed by atoms with E-state index in [1.54, 1.807) is 34.6 Å². The number of ether oxygens (including phenoxy) is 5. The fraction of sp³-hybridized carbons (Fsp3) is 0.848. The van der Waals surface area contributed by atoms with Gasteiger partial charge in [0.15, 0.2) is 17.7 Å². The lowest BCUT2D eigenvalue weighted by atomic mass is 9.67. The molecule has 3 N–H and O–H groups in total. The van der Waals surface area contributed by atoms with Gasteiger partial charge in [-0.1, -0.05) is 32.9 Å². The number of methoxy groups -OCH3 is 1. The molecule has 0 spiro atoms. The van der Waals surface area contributed by atoms with E-state index in [9.17, 15) is 24.4 Å². The van der Waals surface area contributed by atoms with Crippen LogP contribution in [0.2, 0.25) is 0 Å². The Labute approximate surface area is 272 Å². The molecule has 0 saturated carbocycles. The van der Waals surface area contributed by atoms with Crippen LogP contribution >= 0.6 is 0 Å². The first-order valence-corrected chi connectivity index (χ1v) is 16.4. The van der Waals surface area contributed by atoms with Gasteiger partial charge in [0.2, 0.25) is 0 Å². The third-order valence-electron chi connectivity index (χ3n) is 10.5. The van der Waals surface area contributed by atoms with E-state index in [0.29, 0.717) is 6.42 Å². The number of nitrogens with two attached hydrogens (primary N) is 1. The number of hydrogen-bond acceptors (Lipinski definition) is 12. The maximum atomic E-state index is 14.3. The first kappa shape index (κ1) is 37.8. The number of nitrogens with zero attached hydrogens (tertiary/aromatic N) is 2. The maximum Gasteiger partial charge on any atom is 0.317 e. The molecule has 3 aliphatic heterocycles. The normalized spacial score (nSPS) is 41.9. The Hall–Kier alpha value is -2.61. The lowest BCUT2D eigenvalue weighted by Gasteiger charge is -2.42. The maximum absolute atomic E-state index is 14.3. The molecule has 0 amide bonds.